The summed E-state index contributed by atoms with van der Waals surface area (Å²) in [4.78, 5) is 23.5. The second-order valence-electron chi connectivity index (χ2n) is 6.59. The molecule has 2 aromatic carbocycles. The number of hydrogen-bond donors (Lipinski definition) is 0. The van der Waals surface area contributed by atoms with Gasteiger partial charge < -0.3 is 9.47 Å². The fourth-order valence-electron chi connectivity index (χ4n) is 2.51. The molecule has 0 aliphatic rings. The van der Waals surface area contributed by atoms with Crippen LogP contribution in [0.1, 0.15) is 46.0 Å². The summed E-state index contributed by atoms with van der Waals surface area (Å²) in [5, 5.41) is 1.99. The van der Waals surface area contributed by atoms with Crippen molar-refractivity contribution in [1.82, 2.24) is 0 Å². The van der Waals surface area contributed by atoms with E-state index in [2.05, 4.69) is 0 Å². The first kappa shape index (κ1) is 19.0. The Kier molecular flexibility index (Phi) is 7.45. The molecule has 2 rings (SSSR count). The van der Waals surface area contributed by atoms with Gasteiger partial charge in [-0.05, 0) is 30.2 Å². The molecule has 0 aromatic heterocycles. The Balaban J connectivity index is 1.68. The summed E-state index contributed by atoms with van der Waals surface area (Å²) < 4.78 is 10.6. The summed E-state index contributed by atoms with van der Waals surface area (Å²) >= 11 is 0. The smallest absolute Gasteiger partial charge is 0.311 e. The standard InChI is InChI=1S/C21H26O4/c1-16(2)15-24-20(22)13-4-3-5-14-21(23)25-19-12-8-10-17-9-6-7-11-18(17)19/h6-12,16H,3-5,13-15H2,1-2H3. The van der Waals surface area contributed by atoms with Crippen LogP contribution in [0, 0.1) is 5.92 Å². The zero-order valence-electron chi connectivity index (χ0n) is 15.0. The third-order valence-electron chi connectivity index (χ3n) is 3.81. The minimum atomic E-state index is -0.237. The second kappa shape index (κ2) is 9.82. The average molecular weight is 342 g/mol. The first-order valence-electron chi connectivity index (χ1n) is 8.90. The van der Waals surface area contributed by atoms with Crippen molar-refractivity contribution >= 4 is 22.7 Å². The molecule has 0 aliphatic heterocycles. The summed E-state index contributed by atoms with van der Waals surface area (Å²) in [5.74, 6) is 0.555. The van der Waals surface area contributed by atoms with Gasteiger partial charge in [-0.15, -0.1) is 0 Å². The average Bonchev–Trinajstić information content (AvgIpc) is 2.60. The Morgan fingerprint density at radius 3 is 2.32 bits per heavy atom. The number of hydrogen-bond acceptors (Lipinski definition) is 4. The van der Waals surface area contributed by atoms with Crippen molar-refractivity contribution in [3.05, 3.63) is 42.5 Å². The molecule has 2 aromatic rings. The highest BCUT2D eigenvalue weighted by atomic mass is 16.5. The van der Waals surface area contributed by atoms with Crippen LogP contribution in [0.15, 0.2) is 42.5 Å². The molecular formula is C21H26O4. The maximum atomic E-state index is 12.0. The first-order valence-corrected chi connectivity index (χ1v) is 8.90. The van der Waals surface area contributed by atoms with Crippen LogP contribution < -0.4 is 4.74 Å². The Labute approximate surface area is 149 Å². The van der Waals surface area contributed by atoms with Crippen LogP contribution in [-0.2, 0) is 14.3 Å². The summed E-state index contributed by atoms with van der Waals surface area (Å²) in [5.41, 5.74) is 0. The molecule has 0 fully saturated rings. The fourth-order valence-corrected chi connectivity index (χ4v) is 2.51. The fraction of sp³-hybridized carbons (Fsp3) is 0.429. The second-order valence-corrected chi connectivity index (χ2v) is 6.59. The Bertz CT molecular complexity index is 701. The SMILES string of the molecule is CC(C)COC(=O)CCCCCC(=O)Oc1cccc2ccccc12. The summed E-state index contributed by atoms with van der Waals surface area (Å²) in [7, 11) is 0. The van der Waals surface area contributed by atoms with Gasteiger partial charge in [-0.3, -0.25) is 9.59 Å². The van der Waals surface area contributed by atoms with Gasteiger partial charge in [0.05, 0.1) is 6.61 Å². The molecule has 134 valence electrons. The lowest BCUT2D eigenvalue weighted by molar-refractivity contribution is -0.144. The van der Waals surface area contributed by atoms with E-state index in [4.69, 9.17) is 9.47 Å². The largest absolute Gasteiger partial charge is 0.465 e. The zero-order valence-corrected chi connectivity index (χ0v) is 15.0. The van der Waals surface area contributed by atoms with Crippen LogP contribution in [0.25, 0.3) is 10.8 Å². The van der Waals surface area contributed by atoms with E-state index in [0.717, 1.165) is 23.6 Å². The number of fused-ring (bicyclic) bond motifs is 1. The van der Waals surface area contributed by atoms with Gasteiger partial charge >= 0.3 is 11.9 Å². The third-order valence-corrected chi connectivity index (χ3v) is 3.81. The molecule has 0 saturated carbocycles. The lowest BCUT2D eigenvalue weighted by atomic mass is 10.1. The molecule has 0 saturated heterocycles. The number of esters is 2. The molecule has 25 heavy (non-hydrogen) atoms. The molecule has 0 unspecified atom stereocenters. The maximum absolute atomic E-state index is 12.0. The van der Waals surface area contributed by atoms with Crippen molar-refractivity contribution < 1.29 is 19.1 Å². The highest BCUT2D eigenvalue weighted by Gasteiger charge is 2.09. The minimum Gasteiger partial charge on any atom is -0.465 e. The molecular weight excluding hydrogens is 316 g/mol. The monoisotopic (exact) mass is 342 g/mol. The molecule has 0 atom stereocenters. The molecule has 0 radical (unpaired) electrons. The van der Waals surface area contributed by atoms with Crippen LogP contribution in [0.4, 0.5) is 0 Å². The number of carbonyl (C=O) groups is 2. The first-order chi connectivity index (χ1) is 12.1. The zero-order chi connectivity index (χ0) is 18.1. The van der Waals surface area contributed by atoms with Gasteiger partial charge in [0.25, 0.3) is 0 Å². The number of rotatable bonds is 9. The quantitative estimate of drug-likeness (QED) is 0.370. The van der Waals surface area contributed by atoms with Crippen molar-refractivity contribution in [1.29, 1.82) is 0 Å². The highest BCUT2D eigenvalue weighted by molar-refractivity contribution is 5.90. The number of benzene rings is 2. The van der Waals surface area contributed by atoms with Gasteiger partial charge in [0.15, 0.2) is 0 Å². The molecule has 0 bridgehead atoms. The van der Waals surface area contributed by atoms with Crippen LogP contribution in [0.5, 0.6) is 5.75 Å². The van der Waals surface area contributed by atoms with E-state index in [9.17, 15) is 9.59 Å². The molecule has 0 aliphatic carbocycles. The lowest BCUT2D eigenvalue weighted by Crippen LogP contribution is -2.10. The molecule has 4 nitrogen and oxygen atoms in total. The lowest BCUT2D eigenvalue weighted by Gasteiger charge is -2.08. The van der Waals surface area contributed by atoms with Gasteiger partial charge in [0, 0.05) is 18.2 Å². The van der Waals surface area contributed by atoms with E-state index in [1.54, 1.807) is 0 Å². The molecule has 0 amide bonds. The maximum Gasteiger partial charge on any atom is 0.311 e. The van der Waals surface area contributed by atoms with Crippen LogP contribution in [-0.4, -0.2) is 18.5 Å². The van der Waals surface area contributed by atoms with Gasteiger partial charge in [-0.25, -0.2) is 0 Å². The summed E-state index contributed by atoms with van der Waals surface area (Å²) in [6.45, 7) is 4.49. The van der Waals surface area contributed by atoms with Crippen molar-refractivity contribution in [2.45, 2.75) is 46.0 Å². The number of ether oxygens (including phenoxy) is 2. The van der Waals surface area contributed by atoms with Crippen molar-refractivity contribution in [2.24, 2.45) is 5.92 Å². The molecule has 4 heteroatoms. The van der Waals surface area contributed by atoms with E-state index in [-0.39, 0.29) is 11.9 Å². The predicted octanol–water partition coefficient (Wildman–Crippen LogP) is 4.89. The molecule has 0 spiro atoms. The summed E-state index contributed by atoms with van der Waals surface area (Å²) in [6.07, 6.45) is 3.01. The van der Waals surface area contributed by atoms with Crippen molar-refractivity contribution in [3.63, 3.8) is 0 Å². The Morgan fingerprint density at radius 2 is 1.56 bits per heavy atom. The minimum absolute atomic E-state index is 0.160. The van der Waals surface area contributed by atoms with Gasteiger partial charge in [0.1, 0.15) is 5.75 Å². The Hall–Kier alpha value is -2.36. The number of unbranched alkanes of at least 4 members (excludes halogenated alkanes) is 2. The highest BCUT2D eigenvalue weighted by Crippen LogP contribution is 2.25. The summed E-state index contributed by atoms with van der Waals surface area (Å²) in [6, 6.07) is 13.5. The number of carbonyl (C=O) groups excluding carboxylic acids is 2. The van der Waals surface area contributed by atoms with Crippen LogP contribution in [0.3, 0.4) is 0 Å². The molecule has 0 heterocycles. The van der Waals surface area contributed by atoms with E-state index < -0.39 is 0 Å². The van der Waals surface area contributed by atoms with E-state index in [1.165, 1.54) is 0 Å². The van der Waals surface area contributed by atoms with Crippen molar-refractivity contribution in [3.8, 4) is 5.75 Å². The Morgan fingerprint density at radius 1 is 0.880 bits per heavy atom. The topological polar surface area (TPSA) is 52.6 Å². The van der Waals surface area contributed by atoms with E-state index >= 15 is 0 Å². The third kappa shape index (κ3) is 6.57. The van der Waals surface area contributed by atoms with Gasteiger partial charge in [-0.1, -0.05) is 56.7 Å². The van der Waals surface area contributed by atoms with Gasteiger partial charge in [0.2, 0.25) is 0 Å². The van der Waals surface area contributed by atoms with Crippen molar-refractivity contribution in [2.75, 3.05) is 6.61 Å². The van der Waals surface area contributed by atoms with E-state index in [0.29, 0.717) is 37.5 Å². The van der Waals surface area contributed by atoms with Crippen LogP contribution >= 0.6 is 0 Å². The van der Waals surface area contributed by atoms with Crippen LogP contribution in [0.2, 0.25) is 0 Å². The predicted molar refractivity (Wildman–Crippen MR) is 98.5 cm³/mol. The van der Waals surface area contributed by atoms with E-state index in [1.807, 2.05) is 56.3 Å². The molecule has 0 N–H and O–H groups in total. The van der Waals surface area contributed by atoms with Gasteiger partial charge in [-0.2, -0.15) is 0 Å². The normalized spacial score (nSPS) is 10.8.